The number of hydrogen-bond donors (Lipinski definition) is 6. The first-order chi connectivity index (χ1) is 16.2. The van der Waals surface area contributed by atoms with Crippen molar-refractivity contribution in [3.63, 3.8) is 0 Å². The van der Waals surface area contributed by atoms with Gasteiger partial charge >= 0.3 is 0 Å². The molecular weight excluding hydrogens is 604 g/mol. The number of fused-ring (bicyclic) bond motifs is 3. The highest BCUT2D eigenvalue weighted by atomic mass is 79.9. The molecule has 0 bridgehead atoms. The predicted octanol–water partition coefficient (Wildman–Crippen LogP) is 0.953. The summed E-state index contributed by atoms with van der Waals surface area (Å²) >= 11 is 3.39. The summed E-state index contributed by atoms with van der Waals surface area (Å²) in [6.07, 6.45) is 0.190. The summed E-state index contributed by atoms with van der Waals surface area (Å²) in [4.78, 5) is 42.1. The predicted molar refractivity (Wildman–Crippen MR) is 141 cm³/mol. The highest BCUT2D eigenvalue weighted by Crippen LogP contribution is 2.55. The monoisotopic (exact) mass is 630 g/mol. The molecule has 4 rings (SSSR count). The first-order valence-corrected chi connectivity index (χ1v) is 11.6. The summed E-state index contributed by atoms with van der Waals surface area (Å²) in [5.41, 5.74) is 8.64. The Morgan fingerprint density at radius 1 is 1.14 bits per heavy atom. The molecule has 3 unspecified atom stereocenters. The van der Waals surface area contributed by atoms with Crippen molar-refractivity contribution in [1.82, 2.24) is 4.90 Å². The third-order valence-electron chi connectivity index (χ3n) is 7.28. The molecule has 13 heteroatoms. The summed E-state index contributed by atoms with van der Waals surface area (Å²) in [7, 11) is 6.62. The van der Waals surface area contributed by atoms with Crippen molar-refractivity contribution in [2.75, 3.05) is 38.8 Å². The molecular formula is C23H28Br2N4O7. The van der Waals surface area contributed by atoms with Gasteiger partial charge in [0.15, 0.2) is 17.1 Å². The first-order valence-electron chi connectivity index (χ1n) is 10.8. The van der Waals surface area contributed by atoms with Gasteiger partial charge in [-0.1, -0.05) is 0 Å². The second-order valence-electron chi connectivity index (χ2n) is 9.63. The van der Waals surface area contributed by atoms with Crippen molar-refractivity contribution in [3.05, 3.63) is 32.5 Å². The van der Waals surface area contributed by atoms with Crippen molar-refractivity contribution >= 4 is 67.5 Å². The fourth-order valence-corrected chi connectivity index (χ4v) is 6.59. The molecule has 1 aromatic rings. The minimum atomic E-state index is -2.68. The van der Waals surface area contributed by atoms with Crippen LogP contribution in [0.1, 0.15) is 17.5 Å². The average molecular weight is 632 g/mol. The van der Waals surface area contributed by atoms with E-state index in [4.69, 9.17) is 11.5 Å². The van der Waals surface area contributed by atoms with E-state index in [1.165, 1.54) is 4.90 Å². The third kappa shape index (κ3) is 3.47. The summed E-state index contributed by atoms with van der Waals surface area (Å²) in [5, 5.41) is 44.5. The number of Topliss-reactive ketones (excluding diaryl/α,β-unsaturated/α-hetero) is 2. The highest BCUT2D eigenvalue weighted by molar-refractivity contribution is 9.10. The number of benzene rings is 1. The molecule has 0 aromatic heterocycles. The molecule has 36 heavy (non-hydrogen) atoms. The Morgan fingerprint density at radius 2 is 1.72 bits per heavy atom. The van der Waals surface area contributed by atoms with E-state index in [-0.39, 0.29) is 46.6 Å². The largest absolute Gasteiger partial charge is 0.508 e. The molecule has 0 heterocycles. The number of rotatable bonds is 3. The van der Waals surface area contributed by atoms with Crippen molar-refractivity contribution < 1.29 is 34.8 Å². The lowest BCUT2D eigenvalue weighted by molar-refractivity contribution is -0.153. The Kier molecular flexibility index (Phi) is 7.03. The van der Waals surface area contributed by atoms with E-state index in [0.717, 1.165) is 0 Å². The zero-order chi connectivity index (χ0) is 26.3. The lowest BCUT2D eigenvalue weighted by Gasteiger charge is -2.50. The van der Waals surface area contributed by atoms with Crippen LogP contribution in [0.5, 0.6) is 5.75 Å². The molecule has 3 aliphatic carbocycles. The van der Waals surface area contributed by atoms with Crippen LogP contribution in [0.4, 0.5) is 11.4 Å². The smallest absolute Gasteiger partial charge is 0.255 e. The number of primary amides is 1. The van der Waals surface area contributed by atoms with Crippen molar-refractivity contribution in [1.29, 1.82) is 0 Å². The van der Waals surface area contributed by atoms with Gasteiger partial charge < -0.3 is 36.8 Å². The Bertz CT molecular complexity index is 1270. The lowest BCUT2D eigenvalue weighted by Crippen LogP contribution is -2.65. The second kappa shape index (κ2) is 9.05. The number of anilines is 2. The maximum atomic E-state index is 13.8. The zero-order valence-corrected chi connectivity index (χ0v) is 23.3. The van der Waals surface area contributed by atoms with Crippen molar-refractivity contribution in [2.24, 2.45) is 17.6 Å². The number of carbonyl (C=O) groups is 3. The SMILES string of the molecule is Br.CN(C)c1c(Br)c(N)c(O)c2c1CC1CC3[C@H](N(C)C)C(=O)C(C(N)=O)=C(O)C3(O)C(=O)C1=C2O. The molecule has 0 spiro atoms. The van der Waals surface area contributed by atoms with Gasteiger partial charge in [-0.25, -0.2) is 0 Å². The molecule has 8 N–H and O–H groups in total. The minimum absolute atomic E-state index is 0. The molecule has 1 aromatic carbocycles. The number of aliphatic hydroxyl groups excluding tert-OH is 2. The second-order valence-corrected chi connectivity index (χ2v) is 10.4. The van der Waals surface area contributed by atoms with Gasteiger partial charge in [-0.3, -0.25) is 19.3 Å². The Balaban J connectivity index is 0.00000361. The van der Waals surface area contributed by atoms with Gasteiger partial charge in [0.05, 0.1) is 27.5 Å². The Hall–Kier alpha value is -2.61. The van der Waals surface area contributed by atoms with Gasteiger partial charge in [0.2, 0.25) is 5.78 Å². The molecule has 1 saturated carbocycles. The lowest BCUT2D eigenvalue weighted by atomic mass is 9.57. The number of amides is 1. The molecule has 0 radical (unpaired) electrons. The van der Waals surface area contributed by atoms with Crippen LogP contribution < -0.4 is 16.4 Å². The number of hydrogen-bond acceptors (Lipinski definition) is 10. The first kappa shape index (κ1) is 28.0. The summed E-state index contributed by atoms with van der Waals surface area (Å²) in [5.74, 6) is -7.07. The molecule has 0 aliphatic heterocycles. The van der Waals surface area contributed by atoms with E-state index >= 15 is 0 Å². The van der Waals surface area contributed by atoms with E-state index in [1.54, 1.807) is 33.1 Å². The number of nitrogens with two attached hydrogens (primary N) is 2. The standard InChI is InChI=1S/C23H27BrN4O7.BrH/c1-27(2)15-8-5-7-6-9-16(28(3)4)19(31)12(22(26)34)21(33)23(9,35)20(32)10(7)17(29)11(8)18(30)14(25)13(15)24;/h7,9,16,29-30,33,35H,5-6,25H2,1-4H3,(H2,26,34);1H/t7?,9?,16-,23?;/m0./s1. The molecule has 11 nitrogen and oxygen atoms in total. The number of nitrogens with zero attached hydrogens (tertiary/aromatic N) is 2. The third-order valence-corrected chi connectivity index (χ3v) is 8.09. The van der Waals surface area contributed by atoms with Gasteiger partial charge in [0.1, 0.15) is 17.1 Å². The van der Waals surface area contributed by atoms with Crippen LogP contribution in [0.15, 0.2) is 21.4 Å². The molecule has 4 atom stereocenters. The molecule has 3 aliphatic rings. The van der Waals surface area contributed by atoms with E-state index in [0.29, 0.717) is 15.7 Å². The Morgan fingerprint density at radius 3 is 2.22 bits per heavy atom. The number of phenols is 1. The van der Waals surface area contributed by atoms with Gasteiger partial charge in [0, 0.05) is 25.6 Å². The zero-order valence-electron chi connectivity index (χ0n) is 20.0. The minimum Gasteiger partial charge on any atom is -0.508 e. The van der Waals surface area contributed by atoms with Crippen LogP contribution in [-0.4, -0.2) is 82.6 Å². The fraction of sp³-hybridized carbons (Fsp3) is 0.435. The topological polar surface area (TPSA) is 191 Å². The molecule has 1 fully saturated rings. The summed E-state index contributed by atoms with van der Waals surface area (Å²) in [6, 6.07) is -1.13. The number of halogens is 2. The van der Waals surface area contributed by atoms with Gasteiger partial charge in [0.25, 0.3) is 5.91 Å². The quantitative estimate of drug-likeness (QED) is 0.159. The van der Waals surface area contributed by atoms with Crippen LogP contribution in [0.25, 0.3) is 5.76 Å². The van der Waals surface area contributed by atoms with Crippen LogP contribution in [-0.2, 0) is 20.8 Å². The summed E-state index contributed by atoms with van der Waals surface area (Å²) in [6.45, 7) is 0. The van der Waals surface area contributed by atoms with Crippen LogP contribution in [0.3, 0.4) is 0 Å². The maximum absolute atomic E-state index is 13.8. The van der Waals surface area contributed by atoms with Gasteiger partial charge in [-0.05, 0) is 54.3 Å². The van der Waals surface area contributed by atoms with Crippen molar-refractivity contribution in [3.8, 4) is 5.75 Å². The number of carbonyl (C=O) groups excluding carboxylic acids is 3. The number of aliphatic hydroxyl groups is 3. The molecule has 1 amide bonds. The number of ketones is 2. The average Bonchev–Trinajstić information content (AvgIpc) is 2.74. The van der Waals surface area contributed by atoms with Crippen LogP contribution in [0, 0.1) is 11.8 Å². The molecule has 196 valence electrons. The highest BCUT2D eigenvalue weighted by Gasteiger charge is 2.64. The number of phenolic OH excluding ortho intramolecular Hbond substituents is 1. The fourth-order valence-electron chi connectivity index (χ4n) is 5.81. The van der Waals surface area contributed by atoms with E-state index in [9.17, 15) is 34.8 Å². The number of aromatic hydroxyl groups is 1. The normalized spacial score (nSPS) is 27.4. The van der Waals surface area contributed by atoms with Gasteiger partial charge in [-0.2, -0.15) is 0 Å². The van der Waals surface area contributed by atoms with E-state index < -0.39 is 63.8 Å². The van der Waals surface area contributed by atoms with E-state index in [2.05, 4.69) is 15.9 Å². The maximum Gasteiger partial charge on any atom is 0.255 e. The molecule has 0 saturated heterocycles. The van der Waals surface area contributed by atoms with Crippen LogP contribution >= 0.6 is 32.9 Å². The van der Waals surface area contributed by atoms with Crippen LogP contribution in [0.2, 0.25) is 0 Å². The number of likely N-dealkylation sites (N-methyl/N-ethyl adjacent to an activating group) is 1. The Labute approximate surface area is 225 Å². The summed E-state index contributed by atoms with van der Waals surface area (Å²) < 4.78 is 0.416. The van der Waals surface area contributed by atoms with Gasteiger partial charge in [-0.15, -0.1) is 17.0 Å². The van der Waals surface area contributed by atoms with E-state index in [1.807, 2.05) is 0 Å². The van der Waals surface area contributed by atoms with Crippen molar-refractivity contribution in [2.45, 2.75) is 24.5 Å². The number of nitrogen functional groups attached to an aromatic ring is 1.